The van der Waals surface area contributed by atoms with E-state index < -0.39 is 0 Å². The highest BCUT2D eigenvalue weighted by atomic mass is 16.5. The topological polar surface area (TPSA) is 44.5 Å². The lowest BCUT2D eigenvalue weighted by molar-refractivity contribution is 0.285. The third-order valence-electron chi connectivity index (χ3n) is 2.49. The van der Waals surface area contributed by atoms with E-state index in [1.165, 1.54) is 12.8 Å². The lowest BCUT2D eigenvalue weighted by atomic mass is 10.2. The molecule has 3 heteroatoms. The van der Waals surface area contributed by atoms with Crippen LogP contribution in [0.25, 0.3) is 0 Å². The van der Waals surface area contributed by atoms with Crippen LogP contribution in [0.5, 0.6) is 11.5 Å². The third-order valence-corrected chi connectivity index (χ3v) is 2.49. The Labute approximate surface area is 97.6 Å². The molecular weight excluding hydrogens is 202 g/mol. The van der Waals surface area contributed by atoms with Gasteiger partial charge in [0.1, 0.15) is 0 Å². The summed E-state index contributed by atoms with van der Waals surface area (Å²) in [5.74, 6) is 1.56. The smallest absolute Gasteiger partial charge is 0.165 e. The largest absolute Gasteiger partial charge is 0.493 e. The zero-order valence-corrected chi connectivity index (χ0v) is 10.2. The Hall–Kier alpha value is -1.22. The van der Waals surface area contributed by atoms with Crippen LogP contribution >= 0.6 is 0 Å². The van der Waals surface area contributed by atoms with E-state index in [2.05, 4.69) is 6.92 Å². The number of methoxy groups -OCH3 is 1. The Balaban J connectivity index is 2.63. The van der Waals surface area contributed by atoms with Gasteiger partial charge in [-0.15, -0.1) is 0 Å². The number of benzene rings is 1. The van der Waals surface area contributed by atoms with E-state index in [1.807, 2.05) is 18.2 Å². The van der Waals surface area contributed by atoms with Crippen LogP contribution in [0.1, 0.15) is 31.7 Å². The quantitative estimate of drug-likeness (QED) is 0.723. The van der Waals surface area contributed by atoms with Gasteiger partial charge in [0.25, 0.3) is 0 Å². The summed E-state index contributed by atoms with van der Waals surface area (Å²) in [6.45, 7) is 3.38. The summed E-state index contributed by atoms with van der Waals surface area (Å²) < 4.78 is 11.0. The molecule has 0 heterocycles. The normalized spacial score (nSPS) is 10.2. The Kier molecular flexibility index (Phi) is 5.72. The molecule has 2 N–H and O–H groups in total. The van der Waals surface area contributed by atoms with Gasteiger partial charge in [0, 0.05) is 12.1 Å². The predicted molar refractivity (Wildman–Crippen MR) is 65.9 cm³/mol. The van der Waals surface area contributed by atoms with Gasteiger partial charge in [0.05, 0.1) is 13.7 Å². The molecule has 0 aliphatic rings. The monoisotopic (exact) mass is 223 g/mol. The highest BCUT2D eigenvalue weighted by Crippen LogP contribution is 2.30. The summed E-state index contributed by atoms with van der Waals surface area (Å²) in [6, 6.07) is 5.82. The molecule has 3 nitrogen and oxygen atoms in total. The van der Waals surface area contributed by atoms with Crippen molar-refractivity contribution in [1.29, 1.82) is 0 Å². The van der Waals surface area contributed by atoms with E-state index in [1.54, 1.807) is 7.11 Å². The van der Waals surface area contributed by atoms with Crippen molar-refractivity contribution >= 4 is 0 Å². The zero-order chi connectivity index (χ0) is 11.8. The van der Waals surface area contributed by atoms with Crippen molar-refractivity contribution < 1.29 is 9.47 Å². The lowest BCUT2D eigenvalue weighted by Crippen LogP contribution is -2.04. The second-order valence-corrected chi connectivity index (χ2v) is 3.71. The number of para-hydroxylation sites is 1. The van der Waals surface area contributed by atoms with Crippen molar-refractivity contribution in [3.8, 4) is 11.5 Å². The molecule has 0 bridgehead atoms. The molecular formula is C13H21NO2. The molecule has 1 aromatic carbocycles. The fraction of sp³-hybridized carbons (Fsp3) is 0.538. The number of hydrogen-bond acceptors (Lipinski definition) is 3. The highest BCUT2D eigenvalue weighted by Gasteiger charge is 2.08. The molecule has 0 amide bonds. The van der Waals surface area contributed by atoms with E-state index in [-0.39, 0.29) is 0 Å². The Morgan fingerprint density at radius 2 is 2.06 bits per heavy atom. The number of nitrogens with two attached hydrogens (primary N) is 1. The molecule has 0 saturated carbocycles. The first-order valence-corrected chi connectivity index (χ1v) is 5.82. The van der Waals surface area contributed by atoms with Crippen LogP contribution in [0.4, 0.5) is 0 Å². The van der Waals surface area contributed by atoms with Crippen LogP contribution in [0.2, 0.25) is 0 Å². The van der Waals surface area contributed by atoms with Crippen LogP contribution < -0.4 is 15.2 Å². The molecule has 0 saturated heterocycles. The van der Waals surface area contributed by atoms with Crippen molar-refractivity contribution in [3.63, 3.8) is 0 Å². The molecule has 1 rings (SSSR count). The van der Waals surface area contributed by atoms with E-state index in [4.69, 9.17) is 15.2 Å². The van der Waals surface area contributed by atoms with Crippen molar-refractivity contribution in [2.75, 3.05) is 13.7 Å². The van der Waals surface area contributed by atoms with Crippen LogP contribution in [0, 0.1) is 0 Å². The van der Waals surface area contributed by atoms with Gasteiger partial charge in [-0.25, -0.2) is 0 Å². The Morgan fingerprint density at radius 1 is 1.25 bits per heavy atom. The van der Waals surface area contributed by atoms with Crippen molar-refractivity contribution in [3.05, 3.63) is 23.8 Å². The average Bonchev–Trinajstić information content (AvgIpc) is 2.34. The van der Waals surface area contributed by atoms with E-state index >= 15 is 0 Å². The maximum atomic E-state index is 5.69. The van der Waals surface area contributed by atoms with Crippen LogP contribution in [0.3, 0.4) is 0 Å². The van der Waals surface area contributed by atoms with Gasteiger partial charge in [-0.3, -0.25) is 0 Å². The van der Waals surface area contributed by atoms with Gasteiger partial charge in [-0.1, -0.05) is 31.9 Å². The number of ether oxygens (including phenoxy) is 2. The second-order valence-electron chi connectivity index (χ2n) is 3.71. The lowest BCUT2D eigenvalue weighted by Gasteiger charge is -2.13. The molecule has 16 heavy (non-hydrogen) atoms. The molecule has 1 aromatic rings. The average molecular weight is 223 g/mol. The first kappa shape index (κ1) is 12.8. The molecule has 0 aromatic heterocycles. The number of unbranched alkanes of at least 4 members (excludes halogenated alkanes) is 2. The minimum absolute atomic E-state index is 0.468. The van der Waals surface area contributed by atoms with Crippen molar-refractivity contribution in [1.82, 2.24) is 0 Å². The van der Waals surface area contributed by atoms with Gasteiger partial charge >= 0.3 is 0 Å². The Bertz CT molecular complexity index is 313. The molecule has 0 radical (unpaired) electrons. The number of rotatable bonds is 7. The minimum Gasteiger partial charge on any atom is -0.493 e. The third kappa shape index (κ3) is 3.42. The maximum absolute atomic E-state index is 5.69. The fourth-order valence-electron chi connectivity index (χ4n) is 1.60. The van der Waals surface area contributed by atoms with Crippen LogP contribution in [0.15, 0.2) is 18.2 Å². The molecule has 90 valence electrons. The number of hydrogen-bond donors (Lipinski definition) is 1. The maximum Gasteiger partial charge on any atom is 0.165 e. The van der Waals surface area contributed by atoms with Crippen LogP contribution in [-0.4, -0.2) is 13.7 Å². The summed E-state index contributed by atoms with van der Waals surface area (Å²) >= 11 is 0. The van der Waals surface area contributed by atoms with Crippen molar-refractivity contribution in [2.24, 2.45) is 5.73 Å². The van der Waals surface area contributed by atoms with Gasteiger partial charge in [-0.05, 0) is 12.5 Å². The predicted octanol–water partition coefficient (Wildman–Crippen LogP) is 2.72. The summed E-state index contributed by atoms with van der Waals surface area (Å²) in [7, 11) is 1.65. The standard InChI is InChI=1S/C13H21NO2/c1-3-4-5-9-16-12-8-6-7-11(10-14)13(12)15-2/h6-8H,3-5,9-10,14H2,1-2H3. The summed E-state index contributed by atoms with van der Waals surface area (Å²) in [5, 5.41) is 0. The molecule has 0 fully saturated rings. The summed E-state index contributed by atoms with van der Waals surface area (Å²) in [6.07, 6.45) is 3.47. The fourth-order valence-corrected chi connectivity index (χ4v) is 1.60. The van der Waals surface area contributed by atoms with Crippen molar-refractivity contribution in [2.45, 2.75) is 32.7 Å². The van der Waals surface area contributed by atoms with E-state index in [0.717, 1.165) is 30.1 Å². The second kappa shape index (κ2) is 7.12. The molecule has 0 spiro atoms. The molecule has 0 atom stereocenters. The zero-order valence-electron chi connectivity index (χ0n) is 10.2. The Morgan fingerprint density at radius 3 is 2.69 bits per heavy atom. The van der Waals surface area contributed by atoms with Gasteiger partial charge in [-0.2, -0.15) is 0 Å². The summed E-state index contributed by atoms with van der Waals surface area (Å²) in [4.78, 5) is 0. The van der Waals surface area contributed by atoms with E-state index in [0.29, 0.717) is 6.54 Å². The van der Waals surface area contributed by atoms with Gasteiger partial charge < -0.3 is 15.2 Å². The molecule has 0 aliphatic carbocycles. The molecule has 0 aliphatic heterocycles. The minimum atomic E-state index is 0.468. The highest BCUT2D eigenvalue weighted by molar-refractivity contribution is 5.46. The first-order chi connectivity index (χ1) is 7.83. The first-order valence-electron chi connectivity index (χ1n) is 5.82. The van der Waals surface area contributed by atoms with E-state index in [9.17, 15) is 0 Å². The SMILES string of the molecule is CCCCCOc1cccc(CN)c1OC. The van der Waals surface area contributed by atoms with Gasteiger partial charge in [0.2, 0.25) is 0 Å². The van der Waals surface area contributed by atoms with Gasteiger partial charge in [0.15, 0.2) is 11.5 Å². The molecule has 0 unspecified atom stereocenters. The van der Waals surface area contributed by atoms with Crippen LogP contribution in [-0.2, 0) is 6.54 Å². The summed E-state index contributed by atoms with van der Waals surface area (Å²) in [5.41, 5.74) is 6.62.